The molecule has 2 aliphatic heterocycles. The largest absolute Gasteiger partial charge is 0.480 e. The van der Waals surface area contributed by atoms with Gasteiger partial charge in [0.1, 0.15) is 6.04 Å². The van der Waals surface area contributed by atoms with Crippen LogP contribution in [0.25, 0.3) is 0 Å². The normalized spacial score (nSPS) is 34.5. The first-order valence-corrected chi connectivity index (χ1v) is 5.86. The average molecular weight is 306 g/mol. The van der Waals surface area contributed by atoms with Gasteiger partial charge in [0.15, 0.2) is 5.92 Å². The molecule has 0 aliphatic carbocycles. The van der Waals surface area contributed by atoms with Crippen LogP contribution in [0.5, 0.6) is 0 Å². The van der Waals surface area contributed by atoms with Gasteiger partial charge in [0.05, 0.1) is 0 Å². The molecular weight excluding hydrogens is 294 g/mol. The van der Waals surface area contributed by atoms with Crippen molar-refractivity contribution in [1.82, 2.24) is 10.6 Å². The smallest absolute Gasteiger partial charge is 0.402 e. The van der Waals surface area contributed by atoms with Gasteiger partial charge in [-0.1, -0.05) is 0 Å². The second-order valence-corrected chi connectivity index (χ2v) is 5.06. The van der Waals surface area contributed by atoms with Gasteiger partial charge in [0.2, 0.25) is 0 Å². The van der Waals surface area contributed by atoms with Crippen molar-refractivity contribution in [3.63, 3.8) is 0 Å². The third kappa shape index (κ3) is 2.58. The van der Waals surface area contributed by atoms with E-state index in [2.05, 4.69) is 5.32 Å². The second kappa shape index (κ2) is 4.76. The molecule has 0 aromatic rings. The number of halogens is 6. The molecule has 10 heteroatoms. The highest BCUT2D eigenvalue weighted by atomic mass is 19.4. The molecule has 2 aliphatic rings. The van der Waals surface area contributed by atoms with Crippen LogP contribution in [0.2, 0.25) is 0 Å². The fourth-order valence-electron chi connectivity index (χ4n) is 3.12. The lowest BCUT2D eigenvalue weighted by atomic mass is 9.84. The van der Waals surface area contributed by atoms with E-state index in [0.29, 0.717) is 0 Å². The summed E-state index contributed by atoms with van der Waals surface area (Å²) in [4.78, 5) is 11.0. The van der Waals surface area contributed by atoms with Crippen molar-refractivity contribution in [2.75, 3.05) is 13.1 Å². The van der Waals surface area contributed by atoms with Crippen molar-refractivity contribution < 1.29 is 36.2 Å². The molecule has 4 unspecified atom stereocenters. The van der Waals surface area contributed by atoms with E-state index in [1.54, 1.807) is 0 Å². The van der Waals surface area contributed by atoms with Gasteiger partial charge >= 0.3 is 18.3 Å². The summed E-state index contributed by atoms with van der Waals surface area (Å²) in [5.74, 6) is -6.78. The van der Waals surface area contributed by atoms with Gasteiger partial charge in [0, 0.05) is 18.5 Å². The number of hydrogen-bond acceptors (Lipinski definition) is 3. The zero-order chi connectivity index (χ0) is 15.3. The summed E-state index contributed by atoms with van der Waals surface area (Å²) in [6, 6.07) is -3.37. The number of rotatable bonds is 2. The molecule has 2 fully saturated rings. The lowest BCUT2D eigenvalue weighted by Gasteiger charge is -2.31. The number of carbonyl (C=O) groups is 1. The Morgan fingerprint density at radius 2 is 1.55 bits per heavy atom. The fraction of sp³-hybridized carbons (Fsp3) is 0.900. The SMILES string of the molecule is O=C(O)C1NC(C(C(F)(F)F)C(F)(F)F)C2CNCC12. The minimum Gasteiger partial charge on any atom is -0.480 e. The predicted molar refractivity (Wildman–Crippen MR) is 53.8 cm³/mol. The standard InChI is InChI=1S/C10H12F6N2O2/c11-9(12,13)7(10(14,15)16)5-3-1-17-2-4(3)6(18-5)8(19)20/h3-7,17-18H,1-2H2,(H,19,20). The van der Waals surface area contributed by atoms with Crippen LogP contribution in [0, 0.1) is 17.8 Å². The summed E-state index contributed by atoms with van der Waals surface area (Å²) in [6.07, 6.45) is -11.0. The average Bonchev–Trinajstić information content (AvgIpc) is 2.76. The molecule has 0 bridgehead atoms. The Labute approximate surface area is 109 Å². The molecule has 4 atom stereocenters. The van der Waals surface area contributed by atoms with Crippen molar-refractivity contribution in [3.8, 4) is 0 Å². The van der Waals surface area contributed by atoms with Crippen LogP contribution in [0.3, 0.4) is 0 Å². The number of carboxylic acids is 1. The van der Waals surface area contributed by atoms with Crippen molar-refractivity contribution in [2.45, 2.75) is 24.4 Å². The molecule has 4 nitrogen and oxygen atoms in total. The van der Waals surface area contributed by atoms with Crippen molar-refractivity contribution >= 4 is 5.97 Å². The van der Waals surface area contributed by atoms with Gasteiger partial charge in [-0.2, -0.15) is 26.3 Å². The number of fused-ring (bicyclic) bond motifs is 1. The molecule has 20 heavy (non-hydrogen) atoms. The molecule has 116 valence electrons. The number of hydrogen-bond donors (Lipinski definition) is 3. The van der Waals surface area contributed by atoms with Crippen LogP contribution >= 0.6 is 0 Å². The zero-order valence-corrected chi connectivity index (χ0v) is 9.92. The Morgan fingerprint density at radius 3 is 2.00 bits per heavy atom. The maximum absolute atomic E-state index is 12.7. The first-order valence-electron chi connectivity index (χ1n) is 5.86. The Hall–Kier alpha value is -1.03. The lowest BCUT2D eigenvalue weighted by molar-refractivity contribution is -0.293. The summed E-state index contributed by atoms with van der Waals surface area (Å²) in [6.45, 7) is 0.0301. The summed E-state index contributed by atoms with van der Waals surface area (Å²) in [5.41, 5.74) is 0. The van der Waals surface area contributed by atoms with E-state index in [9.17, 15) is 31.1 Å². The van der Waals surface area contributed by atoms with E-state index < -0.39 is 48.2 Å². The summed E-state index contributed by atoms with van der Waals surface area (Å²) >= 11 is 0. The molecule has 0 aromatic carbocycles. The number of nitrogens with one attached hydrogen (secondary N) is 2. The molecule has 2 heterocycles. The summed E-state index contributed by atoms with van der Waals surface area (Å²) in [5, 5.41) is 13.6. The highest BCUT2D eigenvalue weighted by Gasteiger charge is 2.65. The molecule has 2 saturated heterocycles. The van der Waals surface area contributed by atoms with Gasteiger partial charge in [-0.15, -0.1) is 0 Å². The van der Waals surface area contributed by atoms with E-state index in [0.717, 1.165) is 0 Å². The lowest BCUT2D eigenvalue weighted by Crippen LogP contribution is -2.53. The number of aliphatic carboxylic acids is 1. The monoisotopic (exact) mass is 306 g/mol. The Bertz CT molecular complexity index is 382. The highest BCUT2D eigenvalue weighted by molar-refractivity contribution is 5.74. The first-order chi connectivity index (χ1) is 9.03. The topological polar surface area (TPSA) is 61.4 Å². The molecule has 0 saturated carbocycles. The minimum atomic E-state index is -5.48. The Morgan fingerprint density at radius 1 is 1.05 bits per heavy atom. The molecule has 0 aromatic heterocycles. The Kier molecular flexibility index (Phi) is 3.66. The molecule has 0 radical (unpaired) electrons. The quantitative estimate of drug-likeness (QED) is 0.666. The van der Waals surface area contributed by atoms with Crippen LogP contribution < -0.4 is 10.6 Å². The predicted octanol–water partition coefficient (Wildman–Crippen LogP) is 0.988. The van der Waals surface area contributed by atoms with Gasteiger partial charge in [0.25, 0.3) is 0 Å². The van der Waals surface area contributed by atoms with Crippen molar-refractivity contribution in [3.05, 3.63) is 0 Å². The van der Waals surface area contributed by atoms with Gasteiger partial charge in [-0.25, -0.2) is 0 Å². The second-order valence-electron chi connectivity index (χ2n) is 5.06. The number of carboxylic acid groups (broad SMARTS) is 1. The molecule has 2 rings (SSSR count). The maximum atomic E-state index is 12.7. The molecular formula is C10H12F6N2O2. The summed E-state index contributed by atoms with van der Waals surface area (Å²) < 4.78 is 76.4. The van der Waals surface area contributed by atoms with Crippen LogP contribution in [-0.2, 0) is 4.79 Å². The minimum absolute atomic E-state index is 0.0607. The van der Waals surface area contributed by atoms with Crippen molar-refractivity contribution in [1.29, 1.82) is 0 Å². The maximum Gasteiger partial charge on any atom is 0.402 e. The van der Waals surface area contributed by atoms with E-state index in [4.69, 9.17) is 5.11 Å². The highest BCUT2D eigenvalue weighted by Crippen LogP contribution is 2.47. The van der Waals surface area contributed by atoms with Gasteiger partial charge in [-0.3, -0.25) is 4.79 Å². The van der Waals surface area contributed by atoms with Crippen LogP contribution in [-0.4, -0.2) is 48.6 Å². The zero-order valence-electron chi connectivity index (χ0n) is 9.92. The molecule has 3 N–H and O–H groups in total. The number of alkyl halides is 6. The Balaban J connectivity index is 2.33. The van der Waals surface area contributed by atoms with E-state index in [1.807, 2.05) is 5.32 Å². The van der Waals surface area contributed by atoms with Gasteiger partial charge in [-0.05, 0) is 12.5 Å². The fourth-order valence-corrected chi connectivity index (χ4v) is 3.12. The van der Waals surface area contributed by atoms with Gasteiger partial charge < -0.3 is 15.7 Å². The third-order valence-corrected chi connectivity index (χ3v) is 3.90. The molecule has 0 amide bonds. The van der Waals surface area contributed by atoms with Crippen LogP contribution in [0.15, 0.2) is 0 Å². The third-order valence-electron chi connectivity index (χ3n) is 3.90. The van der Waals surface area contributed by atoms with Crippen molar-refractivity contribution in [2.24, 2.45) is 17.8 Å². The van der Waals surface area contributed by atoms with E-state index >= 15 is 0 Å². The van der Waals surface area contributed by atoms with E-state index in [1.165, 1.54) is 0 Å². The molecule has 0 spiro atoms. The van der Waals surface area contributed by atoms with Crippen LogP contribution in [0.1, 0.15) is 0 Å². The van der Waals surface area contributed by atoms with E-state index in [-0.39, 0.29) is 13.1 Å². The summed E-state index contributed by atoms with van der Waals surface area (Å²) in [7, 11) is 0. The van der Waals surface area contributed by atoms with Crippen LogP contribution in [0.4, 0.5) is 26.3 Å². The first kappa shape index (κ1) is 15.4.